The highest BCUT2D eigenvalue weighted by molar-refractivity contribution is 6.30. The second-order valence-corrected chi connectivity index (χ2v) is 5.35. The second-order valence-electron chi connectivity index (χ2n) is 4.91. The van der Waals surface area contributed by atoms with Crippen molar-refractivity contribution in [3.05, 3.63) is 58.6 Å². The first-order valence-corrected chi connectivity index (χ1v) is 7.26. The van der Waals surface area contributed by atoms with Gasteiger partial charge in [-0.25, -0.2) is 9.97 Å². The molecule has 1 N–H and O–H groups in total. The van der Waals surface area contributed by atoms with Crippen LogP contribution in [-0.2, 0) is 17.6 Å². The molecule has 0 radical (unpaired) electrons. The lowest BCUT2D eigenvalue weighted by Crippen LogP contribution is -2.16. The van der Waals surface area contributed by atoms with Crippen LogP contribution in [0, 0.1) is 0 Å². The number of aromatic nitrogens is 2. The third-order valence-electron chi connectivity index (χ3n) is 3.23. The van der Waals surface area contributed by atoms with Crippen LogP contribution in [-0.4, -0.2) is 21.0 Å². The van der Waals surface area contributed by atoms with E-state index in [2.05, 4.69) is 16.9 Å². The lowest BCUT2D eigenvalue weighted by molar-refractivity contribution is -0.138. The number of hydrogen-bond donors (Lipinski definition) is 1. The molecule has 2 rings (SSSR count). The van der Waals surface area contributed by atoms with Crippen LogP contribution < -0.4 is 0 Å². The molecular formula is C16H17ClN2O2. The molecule has 0 spiro atoms. The van der Waals surface area contributed by atoms with Crippen LogP contribution in [0.1, 0.15) is 36.2 Å². The van der Waals surface area contributed by atoms with Gasteiger partial charge in [-0.1, -0.05) is 37.1 Å². The van der Waals surface area contributed by atoms with E-state index in [4.69, 9.17) is 11.6 Å². The van der Waals surface area contributed by atoms with Crippen molar-refractivity contribution >= 4 is 17.6 Å². The number of hydrogen-bond acceptors (Lipinski definition) is 3. The van der Waals surface area contributed by atoms with E-state index in [0.29, 0.717) is 17.1 Å². The lowest BCUT2D eigenvalue weighted by Gasteiger charge is -2.13. The summed E-state index contributed by atoms with van der Waals surface area (Å²) in [7, 11) is 0. The predicted molar refractivity (Wildman–Crippen MR) is 81.6 cm³/mol. The average molecular weight is 305 g/mol. The zero-order chi connectivity index (χ0) is 15.2. The highest BCUT2D eigenvalue weighted by atomic mass is 35.5. The monoisotopic (exact) mass is 304 g/mol. The summed E-state index contributed by atoms with van der Waals surface area (Å²) < 4.78 is 0. The largest absolute Gasteiger partial charge is 0.481 e. The van der Waals surface area contributed by atoms with Gasteiger partial charge in [0.05, 0.1) is 5.69 Å². The normalized spacial score (nSPS) is 12.1. The van der Waals surface area contributed by atoms with Crippen LogP contribution in [0.5, 0.6) is 0 Å². The van der Waals surface area contributed by atoms with Gasteiger partial charge in [0.2, 0.25) is 0 Å². The van der Waals surface area contributed by atoms with Gasteiger partial charge in [0, 0.05) is 10.7 Å². The number of rotatable bonds is 6. The molecule has 0 amide bonds. The summed E-state index contributed by atoms with van der Waals surface area (Å²) in [6.07, 6.45) is 3.58. The Bertz CT molecular complexity index is 631. The zero-order valence-electron chi connectivity index (χ0n) is 11.8. The average Bonchev–Trinajstić information content (AvgIpc) is 2.45. The number of nitrogens with zero attached hydrogens (tertiary/aromatic N) is 2. The van der Waals surface area contributed by atoms with E-state index in [1.165, 1.54) is 6.33 Å². The van der Waals surface area contributed by atoms with Gasteiger partial charge in [0.15, 0.2) is 0 Å². The summed E-state index contributed by atoms with van der Waals surface area (Å²) in [6.45, 7) is 2.06. The molecule has 110 valence electrons. The maximum Gasteiger partial charge on any atom is 0.312 e. The number of halogens is 1. The third kappa shape index (κ3) is 4.26. The molecule has 21 heavy (non-hydrogen) atoms. The van der Waals surface area contributed by atoms with E-state index < -0.39 is 11.9 Å². The summed E-state index contributed by atoms with van der Waals surface area (Å²) in [5.41, 5.74) is 2.30. The molecule has 1 unspecified atom stereocenters. The fraction of sp³-hybridized carbons (Fsp3) is 0.312. The Morgan fingerprint density at radius 3 is 2.81 bits per heavy atom. The SMILES string of the molecule is CCCc1cc(C(Cc2cccc(Cl)c2)C(=O)O)ncn1. The standard InChI is InChI=1S/C16H17ClN2O2/c1-2-4-13-9-15(19-10-18-13)14(16(20)21)8-11-5-3-6-12(17)7-11/h3,5-7,9-10,14H,2,4,8H2,1H3,(H,20,21). The first-order chi connectivity index (χ1) is 10.1. The summed E-state index contributed by atoms with van der Waals surface area (Å²) >= 11 is 5.95. The van der Waals surface area contributed by atoms with Crippen molar-refractivity contribution < 1.29 is 9.90 Å². The molecule has 0 saturated carbocycles. The zero-order valence-corrected chi connectivity index (χ0v) is 12.5. The maximum atomic E-state index is 11.6. The third-order valence-corrected chi connectivity index (χ3v) is 3.47. The van der Waals surface area contributed by atoms with Crippen molar-refractivity contribution in [1.82, 2.24) is 9.97 Å². The molecule has 4 nitrogen and oxygen atoms in total. The Labute approximate surface area is 128 Å². The van der Waals surface area contributed by atoms with Crippen molar-refractivity contribution in [3.8, 4) is 0 Å². The molecule has 5 heteroatoms. The smallest absolute Gasteiger partial charge is 0.312 e. The van der Waals surface area contributed by atoms with Crippen molar-refractivity contribution in [2.45, 2.75) is 32.1 Å². The number of carboxylic acids is 1. The minimum Gasteiger partial charge on any atom is -0.481 e. The Morgan fingerprint density at radius 2 is 2.14 bits per heavy atom. The van der Waals surface area contributed by atoms with E-state index in [9.17, 15) is 9.90 Å². The number of aryl methyl sites for hydroxylation is 1. The van der Waals surface area contributed by atoms with Gasteiger partial charge in [0.1, 0.15) is 12.2 Å². The summed E-state index contributed by atoms with van der Waals surface area (Å²) in [5, 5.41) is 10.1. The van der Waals surface area contributed by atoms with Crippen molar-refractivity contribution in [3.63, 3.8) is 0 Å². The first kappa shape index (κ1) is 15.4. The van der Waals surface area contributed by atoms with Gasteiger partial charge in [-0.15, -0.1) is 0 Å². The van der Waals surface area contributed by atoms with Crippen LogP contribution in [0.2, 0.25) is 5.02 Å². The molecule has 1 aromatic carbocycles. The number of carbonyl (C=O) groups is 1. The van der Waals surface area contributed by atoms with E-state index >= 15 is 0 Å². The Morgan fingerprint density at radius 1 is 1.33 bits per heavy atom. The van der Waals surface area contributed by atoms with Crippen LogP contribution in [0.15, 0.2) is 36.7 Å². The van der Waals surface area contributed by atoms with Gasteiger partial charge in [0.25, 0.3) is 0 Å². The van der Waals surface area contributed by atoms with Crippen molar-refractivity contribution in [2.24, 2.45) is 0 Å². The van der Waals surface area contributed by atoms with Crippen molar-refractivity contribution in [2.75, 3.05) is 0 Å². The highest BCUT2D eigenvalue weighted by Gasteiger charge is 2.22. The molecule has 0 bridgehead atoms. The molecule has 1 atom stereocenters. The molecular weight excluding hydrogens is 288 g/mol. The Balaban J connectivity index is 2.26. The minimum absolute atomic E-state index is 0.360. The number of aliphatic carboxylic acids is 1. The molecule has 0 aliphatic carbocycles. The van der Waals surface area contributed by atoms with Crippen molar-refractivity contribution in [1.29, 1.82) is 0 Å². The maximum absolute atomic E-state index is 11.6. The summed E-state index contributed by atoms with van der Waals surface area (Å²) in [5.74, 6) is -1.59. The van der Waals surface area contributed by atoms with Gasteiger partial charge in [-0.05, 0) is 36.6 Å². The molecule has 0 aliphatic rings. The van der Waals surface area contributed by atoms with Gasteiger partial charge >= 0.3 is 5.97 Å². The lowest BCUT2D eigenvalue weighted by atomic mass is 9.95. The minimum atomic E-state index is -0.892. The Kier molecular flexibility index (Phi) is 5.28. The fourth-order valence-corrected chi connectivity index (χ4v) is 2.43. The van der Waals surface area contributed by atoms with E-state index in [0.717, 1.165) is 24.1 Å². The Hall–Kier alpha value is -1.94. The van der Waals surface area contributed by atoms with E-state index in [1.54, 1.807) is 18.2 Å². The molecule has 1 aromatic heterocycles. The van der Waals surface area contributed by atoms with Gasteiger partial charge in [-0.2, -0.15) is 0 Å². The van der Waals surface area contributed by atoms with Crippen LogP contribution in [0.4, 0.5) is 0 Å². The van der Waals surface area contributed by atoms with E-state index in [-0.39, 0.29) is 0 Å². The van der Waals surface area contributed by atoms with E-state index in [1.807, 2.05) is 12.1 Å². The predicted octanol–water partition coefficient (Wildman–Crippen LogP) is 3.49. The second kappa shape index (κ2) is 7.18. The van der Waals surface area contributed by atoms with Crippen LogP contribution >= 0.6 is 11.6 Å². The van der Waals surface area contributed by atoms with Crippen LogP contribution in [0.25, 0.3) is 0 Å². The van der Waals surface area contributed by atoms with Crippen LogP contribution in [0.3, 0.4) is 0 Å². The molecule has 0 fully saturated rings. The number of benzene rings is 1. The quantitative estimate of drug-likeness (QED) is 0.887. The van der Waals surface area contributed by atoms with Gasteiger partial charge < -0.3 is 5.11 Å². The van der Waals surface area contributed by atoms with Gasteiger partial charge in [-0.3, -0.25) is 4.79 Å². The topological polar surface area (TPSA) is 63.1 Å². The summed E-state index contributed by atoms with van der Waals surface area (Å²) in [6, 6.07) is 9.03. The summed E-state index contributed by atoms with van der Waals surface area (Å²) in [4.78, 5) is 19.9. The first-order valence-electron chi connectivity index (χ1n) is 6.88. The molecule has 0 saturated heterocycles. The molecule has 1 heterocycles. The molecule has 0 aliphatic heterocycles. The fourth-order valence-electron chi connectivity index (χ4n) is 2.22. The number of carboxylic acid groups (broad SMARTS) is 1. The molecule has 2 aromatic rings. The highest BCUT2D eigenvalue weighted by Crippen LogP contribution is 2.22.